The molecule has 0 saturated heterocycles. The average molecular weight is 229 g/mol. The molecular formula is C9H6BrFO. The van der Waals surface area contributed by atoms with E-state index >= 15 is 0 Å². The molecule has 0 aliphatic carbocycles. The summed E-state index contributed by atoms with van der Waals surface area (Å²) in [5.41, 5.74) is 0.400. The van der Waals surface area contributed by atoms with Gasteiger partial charge in [-0.2, -0.15) is 0 Å². The van der Waals surface area contributed by atoms with Crippen LogP contribution in [0.5, 0.6) is 0 Å². The van der Waals surface area contributed by atoms with E-state index in [0.29, 0.717) is 16.3 Å². The maximum Gasteiger partial charge on any atom is 0.144 e. The smallest absolute Gasteiger partial charge is 0.144 e. The van der Waals surface area contributed by atoms with Gasteiger partial charge in [0.15, 0.2) is 0 Å². The van der Waals surface area contributed by atoms with E-state index in [4.69, 9.17) is 0 Å². The largest absolute Gasteiger partial charge is 0.299 e. The minimum atomic E-state index is -0.351. The zero-order valence-corrected chi connectivity index (χ0v) is 7.71. The highest BCUT2D eigenvalue weighted by Gasteiger charge is 2.01. The minimum Gasteiger partial charge on any atom is -0.299 e. The fourth-order valence-corrected chi connectivity index (χ4v) is 1.17. The van der Waals surface area contributed by atoms with Gasteiger partial charge < -0.3 is 0 Å². The van der Waals surface area contributed by atoms with Gasteiger partial charge in [0.05, 0.1) is 4.47 Å². The fourth-order valence-electron chi connectivity index (χ4n) is 0.792. The molecule has 0 unspecified atom stereocenters. The Kier molecular flexibility index (Phi) is 3.17. The van der Waals surface area contributed by atoms with Gasteiger partial charge >= 0.3 is 0 Å². The van der Waals surface area contributed by atoms with Gasteiger partial charge in [0, 0.05) is 5.56 Å². The molecule has 1 aromatic rings. The molecular weight excluding hydrogens is 223 g/mol. The monoisotopic (exact) mass is 228 g/mol. The van der Waals surface area contributed by atoms with Gasteiger partial charge in [-0.1, -0.05) is 12.1 Å². The lowest BCUT2D eigenvalue weighted by molar-refractivity contribution is -0.104. The van der Waals surface area contributed by atoms with Crippen LogP contribution in [0, 0.1) is 5.82 Å². The molecule has 0 aliphatic rings. The molecule has 3 heteroatoms. The van der Waals surface area contributed by atoms with Crippen LogP contribution in [0.25, 0.3) is 6.08 Å². The molecule has 0 radical (unpaired) electrons. The predicted molar refractivity (Wildman–Crippen MR) is 49.2 cm³/mol. The van der Waals surface area contributed by atoms with Gasteiger partial charge in [-0.25, -0.2) is 4.39 Å². The topological polar surface area (TPSA) is 17.1 Å². The van der Waals surface area contributed by atoms with Gasteiger partial charge in [0.25, 0.3) is 0 Å². The SMILES string of the molecule is O=CC=Cc1cccc(Br)c1F. The van der Waals surface area contributed by atoms with Crippen LogP contribution in [0.3, 0.4) is 0 Å². The Balaban J connectivity index is 3.07. The van der Waals surface area contributed by atoms with Crippen LogP contribution < -0.4 is 0 Å². The summed E-state index contributed by atoms with van der Waals surface area (Å²) in [7, 11) is 0. The Morgan fingerprint density at radius 2 is 2.17 bits per heavy atom. The summed E-state index contributed by atoms with van der Waals surface area (Å²) in [4.78, 5) is 9.95. The zero-order valence-electron chi connectivity index (χ0n) is 6.13. The van der Waals surface area contributed by atoms with E-state index in [9.17, 15) is 9.18 Å². The van der Waals surface area contributed by atoms with Gasteiger partial charge in [0.1, 0.15) is 12.1 Å². The third-order valence-electron chi connectivity index (χ3n) is 1.34. The van der Waals surface area contributed by atoms with E-state index in [-0.39, 0.29) is 5.82 Å². The molecule has 0 aliphatic heterocycles. The molecule has 0 bridgehead atoms. The molecule has 0 fully saturated rings. The highest BCUT2D eigenvalue weighted by Crippen LogP contribution is 2.19. The number of aldehydes is 1. The van der Waals surface area contributed by atoms with Gasteiger partial charge in [-0.3, -0.25) is 4.79 Å². The summed E-state index contributed by atoms with van der Waals surface area (Å²) in [5.74, 6) is -0.351. The third-order valence-corrected chi connectivity index (χ3v) is 1.95. The second-order valence-electron chi connectivity index (χ2n) is 2.14. The van der Waals surface area contributed by atoms with Crippen molar-refractivity contribution in [3.63, 3.8) is 0 Å². The standard InChI is InChI=1S/C9H6BrFO/c10-8-5-1-3-7(9(8)11)4-2-6-12/h1-6H. The number of rotatable bonds is 2. The summed E-state index contributed by atoms with van der Waals surface area (Å²) < 4.78 is 13.5. The Hall–Kier alpha value is -0.960. The lowest BCUT2D eigenvalue weighted by atomic mass is 10.2. The molecule has 0 spiro atoms. The third kappa shape index (κ3) is 2.01. The van der Waals surface area contributed by atoms with Crippen molar-refractivity contribution in [1.82, 2.24) is 0 Å². The lowest BCUT2D eigenvalue weighted by Gasteiger charge is -1.97. The van der Waals surface area contributed by atoms with Crippen LogP contribution >= 0.6 is 15.9 Å². The molecule has 0 heterocycles. The fraction of sp³-hybridized carbons (Fsp3) is 0. The number of allylic oxidation sites excluding steroid dienone is 1. The van der Waals surface area contributed by atoms with Crippen molar-refractivity contribution < 1.29 is 9.18 Å². The summed E-state index contributed by atoms with van der Waals surface area (Å²) in [5, 5.41) is 0. The number of carbonyl (C=O) groups excluding carboxylic acids is 1. The van der Waals surface area contributed by atoms with E-state index in [0.717, 1.165) is 0 Å². The second kappa shape index (κ2) is 4.16. The lowest BCUT2D eigenvalue weighted by Crippen LogP contribution is -1.82. The van der Waals surface area contributed by atoms with E-state index in [1.807, 2.05) is 0 Å². The molecule has 1 rings (SSSR count). The van der Waals surface area contributed by atoms with Crippen LogP contribution in [0.4, 0.5) is 4.39 Å². The Labute approximate surface area is 78.0 Å². The average Bonchev–Trinajstić information content (AvgIpc) is 2.08. The van der Waals surface area contributed by atoms with Crippen molar-refractivity contribution in [3.8, 4) is 0 Å². The zero-order chi connectivity index (χ0) is 8.97. The van der Waals surface area contributed by atoms with E-state index in [2.05, 4.69) is 15.9 Å². The number of halogens is 2. The molecule has 1 nitrogen and oxygen atoms in total. The minimum absolute atomic E-state index is 0.351. The van der Waals surface area contributed by atoms with Crippen LogP contribution in [-0.2, 0) is 4.79 Å². The Morgan fingerprint density at radius 3 is 2.83 bits per heavy atom. The van der Waals surface area contributed by atoms with Crippen molar-refractivity contribution in [1.29, 1.82) is 0 Å². The van der Waals surface area contributed by atoms with Crippen LogP contribution in [0.15, 0.2) is 28.7 Å². The second-order valence-corrected chi connectivity index (χ2v) is 2.99. The van der Waals surface area contributed by atoms with Crippen molar-refractivity contribution >= 4 is 28.3 Å². The highest BCUT2D eigenvalue weighted by atomic mass is 79.9. The van der Waals surface area contributed by atoms with E-state index in [1.165, 1.54) is 12.2 Å². The first-order valence-electron chi connectivity index (χ1n) is 3.31. The van der Waals surface area contributed by atoms with Gasteiger partial charge in [0.2, 0.25) is 0 Å². The van der Waals surface area contributed by atoms with Gasteiger partial charge in [-0.05, 0) is 34.1 Å². The molecule has 0 N–H and O–H groups in total. The summed E-state index contributed by atoms with van der Waals surface area (Å²) >= 11 is 3.04. The molecule has 0 aromatic heterocycles. The van der Waals surface area contributed by atoms with Crippen molar-refractivity contribution in [3.05, 3.63) is 40.1 Å². The summed E-state index contributed by atoms with van der Waals surface area (Å²) in [6.07, 6.45) is 3.29. The first kappa shape index (κ1) is 9.13. The number of carbonyl (C=O) groups is 1. The maximum atomic E-state index is 13.1. The van der Waals surface area contributed by atoms with Gasteiger partial charge in [-0.15, -0.1) is 0 Å². The summed E-state index contributed by atoms with van der Waals surface area (Å²) in [6, 6.07) is 4.91. The highest BCUT2D eigenvalue weighted by molar-refractivity contribution is 9.10. The maximum absolute atomic E-state index is 13.1. The molecule has 0 saturated carbocycles. The van der Waals surface area contributed by atoms with Crippen LogP contribution in [-0.4, -0.2) is 6.29 Å². The normalized spacial score (nSPS) is 10.5. The Morgan fingerprint density at radius 1 is 1.42 bits per heavy atom. The van der Waals surface area contributed by atoms with Crippen molar-refractivity contribution in [2.75, 3.05) is 0 Å². The van der Waals surface area contributed by atoms with Crippen molar-refractivity contribution in [2.45, 2.75) is 0 Å². The van der Waals surface area contributed by atoms with E-state index < -0.39 is 0 Å². The Bertz CT molecular complexity index is 320. The number of hydrogen-bond acceptors (Lipinski definition) is 1. The van der Waals surface area contributed by atoms with E-state index in [1.54, 1.807) is 18.2 Å². The molecule has 1 aromatic carbocycles. The number of benzene rings is 1. The molecule has 62 valence electrons. The van der Waals surface area contributed by atoms with Crippen LogP contribution in [0.2, 0.25) is 0 Å². The molecule has 12 heavy (non-hydrogen) atoms. The predicted octanol–water partition coefficient (Wildman–Crippen LogP) is 2.80. The quantitative estimate of drug-likeness (QED) is 0.562. The first-order valence-corrected chi connectivity index (χ1v) is 4.11. The molecule has 0 atom stereocenters. The summed E-state index contributed by atoms with van der Waals surface area (Å²) in [6.45, 7) is 0. The molecule has 0 amide bonds. The van der Waals surface area contributed by atoms with Crippen LogP contribution in [0.1, 0.15) is 5.56 Å². The number of hydrogen-bond donors (Lipinski definition) is 0. The first-order chi connectivity index (χ1) is 5.75. The van der Waals surface area contributed by atoms with Crippen molar-refractivity contribution in [2.24, 2.45) is 0 Å².